The zero-order chi connectivity index (χ0) is 11.8. The predicted molar refractivity (Wildman–Crippen MR) is 64.4 cm³/mol. The molecule has 16 heavy (non-hydrogen) atoms. The average molecular weight is 227 g/mol. The lowest BCUT2D eigenvalue weighted by Crippen LogP contribution is -2.38. The summed E-state index contributed by atoms with van der Waals surface area (Å²) in [5.74, 6) is 0.365. The van der Waals surface area contributed by atoms with E-state index in [0.29, 0.717) is 5.92 Å². The predicted octanol–water partition coefficient (Wildman–Crippen LogP) is 1.69. The largest absolute Gasteiger partial charge is 0.393 e. The van der Waals surface area contributed by atoms with Gasteiger partial charge in [-0.2, -0.15) is 0 Å². The second kappa shape index (κ2) is 4.28. The molecule has 0 aromatic heterocycles. The first-order valence-electron chi connectivity index (χ1n) is 6.47. The Labute approximate surface area is 98.6 Å². The second-order valence-corrected chi connectivity index (χ2v) is 6.49. The van der Waals surface area contributed by atoms with Crippen LogP contribution < -0.4 is 5.32 Å². The van der Waals surface area contributed by atoms with Gasteiger partial charge in [0.25, 0.3) is 0 Å². The lowest BCUT2D eigenvalue weighted by molar-refractivity contribution is 0.0636. The highest BCUT2D eigenvalue weighted by molar-refractivity contribution is 5.02. The van der Waals surface area contributed by atoms with Gasteiger partial charge in [0.05, 0.1) is 18.3 Å². The molecule has 1 saturated heterocycles. The van der Waals surface area contributed by atoms with E-state index >= 15 is 0 Å². The van der Waals surface area contributed by atoms with Crippen molar-refractivity contribution < 1.29 is 9.84 Å². The SMILES string of the molecule is CC(C)(C)NCCC(O)C1COC2(CC2)C1. The summed E-state index contributed by atoms with van der Waals surface area (Å²) < 4.78 is 5.75. The van der Waals surface area contributed by atoms with E-state index in [2.05, 4.69) is 26.1 Å². The molecule has 1 aliphatic heterocycles. The quantitative estimate of drug-likeness (QED) is 0.768. The Morgan fingerprint density at radius 2 is 2.12 bits per heavy atom. The van der Waals surface area contributed by atoms with Crippen LogP contribution in [0.15, 0.2) is 0 Å². The van der Waals surface area contributed by atoms with Crippen molar-refractivity contribution in [1.82, 2.24) is 5.32 Å². The first-order chi connectivity index (χ1) is 7.40. The number of ether oxygens (including phenoxy) is 1. The van der Waals surface area contributed by atoms with Crippen molar-refractivity contribution >= 4 is 0 Å². The molecule has 2 fully saturated rings. The number of hydrogen-bond donors (Lipinski definition) is 2. The van der Waals surface area contributed by atoms with Crippen molar-refractivity contribution in [3.8, 4) is 0 Å². The summed E-state index contributed by atoms with van der Waals surface area (Å²) in [6.45, 7) is 8.09. The lowest BCUT2D eigenvalue weighted by Gasteiger charge is -2.23. The molecule has 2 atom stereocenters. The van der Waals surface area contributed by atoms with Gasteiger partial charge in [-0.15, -0.1) is 0 Å². The normalized spacial score (nSPS) is 29.6. The number of aliphatic hydroxyl groups excluding tert-OH is 1. The fourth-order valence-corrected chi connectivity index (χ4v) is 2.45. The monoisotopic (exact) mass is 227 g/mol. The molecule has 1 spiro atoms. The molecule has 3 heteroatoms. The Morgan fingerprint density at radius 1 is 1.44 bits per heavy atom. The molecular formula is C13H25NO2. The smallest absolute Gasteiger partial charge is 0.0689 e. The summed E-state index contributed by atoms with van der Waals surface area (Å²) >= 11 is 0. The van der Waals surface area contributed by atoms with Crippen LogP contribution in [0, 0.1) is 5.92 Å². The molecule has 2 aliphatic rings. The molecule has 3 nitrogen and oxygen atoms in total. The Morgan fingerprint density at radius 3 is 2.62 bits per heavy atom. The summed E-state index contributed by atoms with van der Waals surface area (Å²) in [5, 5.41) is 13.5. The molecule has 94 valence electrons. The Balaban J connectivity index is 1.66. The summed E-state index contributed by atoms with van der Waals surface area (Å²) in [6.07, 6.45) is 4.12. The molecule has 0 amide bonds. The van der Waals surface area contributed by atoms with Gasteiger partial charge < -0.3 is 15.2 Å². The number of rotatable bonds is 4. The fourth-order valence-electron chi connectivity index (χ4n) is 2.45. The minimum Gasteiger partial charge on any atom is -0.393 e. The topological polar surface area (TPSA) is 41.5 Å². The van der Waals surface area contributed by atoms with E-state index in [1.807, 2.05) is 0 Å². The third kappa shape index (κ3) is 3.19. The van der Waals surface area contributed by atoms with Crippen LogP contribution in [0.25, 0.3) is 0 Å². The molecule has 2 N–H and O–H groups in total. The first kappa shape index (κ1) is 12.3. The number of hydrogen-bond acceptors (Lipinski definition) is 3. The molecule has 1 heterocycles. The van der Waals surface area contributed by atoms with E-state index in [1.165, 1.54) is 12.8 Å². The van der Waals surface area contributed by atoms with Crippen LogP contribution in [0.5, 0.6) is 0 Å². The van der Waals surface area contributed by atoms with Crippen LogP contribution in [0.3, 0.4) is 0 Å². The highest BCUT2D eigenvalue weighted by Gasteiger charge is 2.51. The van der Waals surface area contributed by atoms with E-state index in [9.17, 15) is 5.11 Å². The van der Waals surface area contributed by atoms with Gasteiger partial charge in [-0.3, -0.25) is 0 Å². The molecule has 2 rings (SSSR count). The van der Waals surface area contributed by atoms with E-state index in [0.717, 1.165) is 26.0 Å². The molecule has 0 aromatic carbocycles. The van der Waals surface area contributed by atoms with E-state index < -0.39 is 0 Å². The van der Waals surface area contributed by atoms with Gasteiger partial charge in [-0.1, -0.05) is 0 Å². The fraction of sp³-hybridized carbons (Fsp3) is 1.00. The van der Waals surface area contributed by atoms with Gasteiger partial charge in [0, 0.05) is 11.5 Å². The van der Waals surface area contributed by atoms with E-state index in [4.69, 9.17) is 4.74 Å². The molecule has 2 unspecified atom stereocenters. The summed E-state index contributed by atoms with van der Waals surface area (Å²) in [4.78, 5) is 0. The molecule has 0 radical (unpaired) electrons. The standard InChI is InChI=1S/C13H25NO2/c1-12(2,3)14-7-4-11(15)10-8-13(5-6-13)16-9-10/h10-11,14-15H,4-9H2,1-3H3. The first-order valence-corrected chi connectivity index (χ1v) is 6.47. The molecule has 0 aromatic rings. The van der Waals surface area contributed by atoms with E-state index in [-0.39, 0.29) is 17.2 Å². The van der Waals surface area contributed by atoms with Gasteiger partial charge in [-0.05, 0) is 53.0 Å². The van der Waals surface area contributed by atoms with Gasteiger partial charge in [0.2, 0.25) is 0 Å². The van der Waals surface area contributed by atoms with Crippen molar-refractivity contribution in [3.63, 3.8) is 0 Å². The second-order valence-electron chi connectivity index (χ2n) is 6.49. The zero-order valence-corrected chi connectivity index (χ0v) is 10.8. The lowest BCUT2D eigenvalue weighted by atomic mass is 9.95. The number of nitrogens with one attached hydrogen (secondary N) is 1. The molecule has 1 aliphatic carbocycles. The summed E-state index contributed by atoms with van der Waals surface area (Å²) in [6, 6.07) is 0. The number of aliphatic hydroxyl groups is 1. The van der Waals surface area contributed by atoms with Crippen molar-refractivity contribution in [2.75, 3.05) is 13.2 Å². The van der Waals surface area contributed by atoms with Gasteiger partial charge in [-0.25, -0.2) is 0 Å². The van der Waals surface area contributed by atoms with Crippen LogP contribution in [-0.4, -0.2) is 35.5 Å². The highest BCUT2D eigenvalue weighted by atomic mass is 16.5. The molecular weight excluding hydrogens is 202 g/mol. The van der Waals surface area contributed by atoms with Gasteiger partial charge >= 0.3 is 0 Å². The summed E-state index contributed by atoms with van der Waals surface area (Å²) in [7, 11) is 0. The third-order valence-corrected chi connectivity index (χ3v) is 3.69. The zero-order valence-electron chi connectivity index (χ0n) is 10.8. The summed E-state index contributed by atoms with van der Waals surface area (Å²) in [5.41, 5.74) is 0.340. The highest BCUT2D eigenvalue weighted by Crippen LogP contribution is 2.50. The van der Waals surface area contributed by atoms with E-state index in [1.54, 1.807) is 0 Å². The Hall–Kier alpha value is -0.120. The van der Waals surface area contributed by atoms with Crippen molar-refractivity contribution in [3.05, 3.63) is 0 Å². The minimum absolute atomic E-state index is 0.142. The average Bonchev–Trinajstić information content (AvgIpc) is 2.74. The van der Waals surface area contributed by atoms with Crippen LogP contribution in [-0.2, 0) is 4.74 Å². The molecule has 0 bridgehead atoms. The maximum Gasteiger partial charge on any atom is 0.0689 e. The van der Waals surface area contributed by atoms with Crippen molar-refractivity contribution in [1.29, 1.82) is 0 Å². The Bertz CT molecular complexity index is 243. The van der Waals surface area contributed by atoms with Crippen molar-refractivity contribution in [2.45, 2.75) is 63.7 Å². The maximum atomic E-state index is 10.1. The van der Waals surface area contributed by atoms with Crippen LogP contribution >= 0.6 is 0 Å². The third-order valence-electron chi connectivity index (χ3n) is 3.69. The minimum atomic E-state index is -0.199. The maximum absolute atomic E-state index is 10.1. The van der Waals surface area contributed by atoms with Crippen LogP contribution in [0.1, 0.15) is 46.5 Å². The molecule has 1 saturated carbocycles. The van der Waals surface area contributed by atoms with Crippen molar-refractivity contribution in [2.24, 2.45) is 5.92 Å². The Kier molecular flexibility index (Phi) is 3.30. The van der Waals surface area contributed by atoms with Crippen LogP contribution in [0.2, 0.25) is 0 Å². The van der Waals surface area contributed by atoms with Crippen LogP contribution in [0.4, 0.5) is 0 Å². The van der Waals surface area contributed by atoms with Gasteiger partial charge in [0.1, 0.15) is 0 Å². The van der Waals surface area contributed by atoms with Gasteiger partial charge in [0.15, 0.2) is 0 Å².